The third-order valence-electron chi connectivity index (χ3n) is 4.19. The van der Waals surface area contributed by atoms with Crippen LogP contribution in [0.4, 0.5) is 5.82 Å². The number of carbonyl (C=O) groups excluding carboxylic acids is 1. The average Bonchev–Trinajstić information content (AvgIpc) is 2.71. The van der Waals surface area contributed by atoms with Crippen molar-refractivity contribution in [3.63, 3.8) is 0 Å². The van der Waals surface area contributed by atoms with E-state index in [0.29, 0.717) is 17.2 Å². The molecule has 3 rings (SSSR count). The number of anilines is 1. The number of aliphatic hydroxyl groups excluding tert-OH is 1. The number of hydrogen-bond donors (Lipinski definition) is 2. The topological polar surface area (TPSA) is 75.1 Å². The molecule has 0 atom stereocenters. The second-order valence-corrected chi connectivity index (χ2v) is 7.83. The van der Waals surface area contributed by atoms with Gasteiger partial charge in [-0.2, -0.15) is 0 Å². The zero-order valence-electron chi connectivity index (χ0n) is 16.3. The highest BCUT2D eigenvalue weighted by molar-refractivity contribution is 9.10. The average molecular weight is 452 g/mol. The van der Waals surface area contributed by atoms with E-state index in [-0.39, 0.29) is 18.9 Å². The van der Waals surface area contributed by atoms with Gasteiger partial charge in [-0.1, -0.05) is 57.9 Å². The minimum absolute atomic E-state index is 0.00167. The molecule has 0 spiro atoms. The summed E-state index contributed by atoms with van der Waals surface area (Å²) in [7, 11) is 0. The maximum atomic E-state index is 12.5. The number of allylic oxidation sites excluding steroid dienone is 1. The van der Waals surface area contributed by atoms with Gasteiger partial charge in [0.1, 0.15) is 5.69 Å². The lowest BCUT2D eigenvalue weighted by Gasteiger charge is -2.10. The Morgan fingerprint density at radius 2 is 1.72 bits per heavy atom. The summed E-state index contributed by atoms with van der Waals surface area (Å²) < 4.78 is 0.973. The Morgan fingerprint density at radius 3 is 2.34 bits per heavy atom. The molecule has 0 fully saturated rings. The van der Waals surface area contributed by atoms with Crippen LogP contribution in [0.15, 0.2) is 64.8 Å². The van der Waals surface area contributed by atoms with E-state index in [1.165, 1.54) is 0 Å². The fraction of sp³-hybridized carbons (Fsp3) is 0.174. The molecule has 2 aromatic carbocycles. The van der Waals surface area contributed by atoms with Crippen LogP contribution >= 0.6 is 15.9 Å². The van der Waals surface area contributed by atoms with E-state index in [1.54, 1.807) is 6.20 Å². The van der Waals surface area contributed by atoms with E-state index >= 15 is 0 Å². The van der Waals surface area contributed by atoms with Crippen LogP contribution in [0.5, 0.6) is 0 Å². The van der Waals surface area contributed by atoms with E-state index in [1.807, 2.05) is 68.5 Å². The summed E-state index contributed by atoms with van der Waals surface area (Å²) in [4.78, 5) is 21.6. The molecule has 6 heteroatoms. The van der Waals surface area contributed by atoms with Crippen molar-refractivity contribution in [2.45, 2.75) is 26.9 Å². The lowest BCUT2D eigenvalue weighted by atomic mass is 10.1. The summed E-state index contributed by atoms with van der Waals surface area (Å²) in [5, 5.41) is 12.1. The lowest BCUT2D eigenvalue weighted by Crippen LogP contribution is -2.16. The summed E-state index contributed by atoms with van der Waals surface area (Å²) >= 11 is 3.39. The van der Waals surface area contributed by atoms with Crippen molar-refractivity contribution >= 4 is 33.7 Å². The third kappa shape index (κ3) is 5.82. The van der Waals surface area contributed by atoms with E-state index in [9.17, 15) is 9.90 Å². The smallest absolute Gasteiger partial charge is 0.230 e. The quantitative estimate of drug-likeness (QED) is 0.552. The van der Waals surface area contributed by atoms with Crippen LogP contribution in [-0.4, -0.2) is 21.0 Å². The van der Waals surface area contributed by atoms with Gasteiger partial charge in [-0.3, -0.25) is 4.79 Å². The van der Waals surface area contributed by atoms with Crippen molar-refractivity contribution < 1.29 is 9.90 Å². The van der Waals surface area contributed by atoms with E-state index in [4.69, 9.17) is 0 Å². The standard InChI is InChI=1S/C23H22BrN3O2/c1-15(2)11-20-23(27-22(29)12-16-5-9-19(24)10-6-16)25-13-21(26-20)18-7-3-17(14-28)4-8-18/h3-11,13,28H,12,14H2,1-2H3,(H,25,27,29). The summed E-state index contributed by atoms with van der Waals surface area (Å²) in [6.45, 7) is 3.94. The van der Waals surface area contributed by atoms with Gasteiger partial charge in [-0.05, 0) is 43.2 Å². The maximum absolute atomic E-state index is 12.5. The van der Waals surface area contributed by atoms with Gasteiger partial charge in [0.05, 0.1) is 24.9 Å². The fourth-order valence-corrected chi connectivity index (χ4v) is 3.02. The monoisotopic (exact) mass is 451 g/mol. The van der Waals surface area contributed by atoms with Crippen molar-refractivity contribution in [1.82, 2.24) is 9.97 Å². The molecule has 0 aliphatic carbocycles. The Morgan fingerprint density at radius 1 is 1.07 bits per heavy atom. The van der Waals surface area contributed by atoms with Gasteiger partial charge in [0.25, 0.3) is 0 Å². The molecular formula is C23H22BrN3O2. The molecule has 0 saturated carbocycles. The van der Waals surface area contributed by atoms with E-state index in [2.05, 4.69) is 31.2 Å². The molecule has 0 radical (unpaired) electrons. The predicted molar refractivity (Wildman–Crippen MR) is 119 cm³/mol. The van der Waals surface area contributed by atoms with Crippen LogP contribution in [0.2, 0.25) is 0 Å². The molecular weight excluding hydrogens is 430 g/mol. The minimum atomic E-state index is -0.148. The first kappa shape index (κ1) is 20.9. The first-order valence-corrected chi connectivity index (χ1v) is 10.0. The zero-order valence-corrected chi connectivity index (χ0v) is 17.9. The fourth-order valence-electron chi connectivity index (χ4n) is 2.76. The van der Waals surface area contributed by atoms with Gasteiger partial charge < -0.3 is 10.4 Å². The third-order valence-corrected chi connectivity index (χ3v) is 4.72. The Hall–Kier alpha value is -2.83. The highest BCUT2D eigenvalue weighted by atomic mass is 79.9. The lowest BCUT2D eigenvalue weighted by molar-refractivity contribution is -0.115. The highest BCUT2D eigenvalue weighted by Crippen LogP contribution is 2.22. The molecule has 5 nitrogen and oxygen atoms in total. The molecule has 29 heavy (non-hydrogen) atoms. The number of carbonyl (C=O) groups is 1. The Labute approximate surface area is 178 Å². The number of halogens is 1. The van der Waals surface area contributed by atoms with Crippen molar-refractivity contribution in [2.75, 3.05) is 5.32 Å². The van der Waals surface area contributed by atoms with Crippen molar-refractivity contribution in [3.8, 4) is 11.3 Å². The number of nitrogens with zero attached hydrogens (tertiary/aromatic N) is 2. The number of aliphatic hydroxyl groups is 1. The van der Waals surface area contributed by atoms with Gasteiger partial charge >= 0.3 is 0 Å². The summed E-state index contributed by atoms with van der Waals surface area (Å²) in [6.07, 6.45) is 3.80. The van der Waals surface area contributed by atoms with Gasteiger partial charge in [0.15, 0.2) is 5.82 Å². The second kappa shape index (κ2) is 9.58. The molecule has 3 aromatic rings. The van der Waals surface area contributed by atoms with Crippen LogP contribution in [0.25, 0.3) is 17.3 Å². The highest BCUT2D eigenvalue weighted by Gasteiger charge is 2.11. The van der Waals surface area contributed by atoms with Crippen LogP contribution in [0.3, 0.4) is 0 Å². The summed E-state index contributed by atoms with van der Waals surface area (Å²) in [6, 6.07) is 15.1. The normalized spacial score (nSPS) is 10.5. The molecule has 1 heterocycles. The summed E-state index contributed by atoms with van der Waals surface area (Å²) in [5.74, 6) is 0.286. The van der Waals surface area contributed by atoms with Crippen LogP contribution in [0, 0.1) is 0 Å². The van der Waals surface area contributed by atoms with E-state index < -0.39 is 0 Å². The first-order valence-electron chi connectivity index (χ1n) is 9.21. The number of amides is 1. The van der Waals surface area contributed by atoms with Crippen molar-refractivity contribution in [1.29, 1.82) is 0 Å². The van der Waals surface area contributed by atoms with Crippen LogP contribution in [-0.2, 0) is 17.8 Å². The Balaban J connectivity index is 1.84. The zero-order chi connectivity index (χ0) is 20.8. The Kier molecular flexibility index (Phi) is 6.90. The van der Waals surface area contributed by atoms with Gasteiger partial charge in [-0.25, -0.2) is 9.97 Å². The number of benzene rings is 2. The number of nitrogens with one attached hydrogen (secondary N) is 1. The largest absolute Gasteiger partial charge is 0.392 e. The molecule has 1 amide bonds. The van der Waals surface area contributed by atoms with Gasteiger partial charge in [0, 0.05) is 10.0 Å². The van der Waals surface area contributed by atoms with Crippen LogP contribution in [0.1, 0.15) is 30.7 Å². The predicted octanol–water partition coefficient (Wildman–Crippen LogP) is 5.00. The minimum Gasteiger partial charge on any atom is -0.392 e. The second-order valence-electron chi connectivity index (χ2n) is 6.92. The SMILES string of the molecule is CC(C)=Cc1nc(-c2ccc(CO)cc2)cnc1NC(=O)Cc1ccc(Br)cc1. The molecule has 1 aromatic heterocycles. The molecule has 0 bridgehead atoms. The van der Waals surface area contributed by atoms with Crippen molar-refractivity contribution in [2.24, 2.45) is 0 Å². The molecule has 2 N–H and O–H groups in total. The van der Waals surface area contributed by atoms with Gasteiger partial charge in [-0.15, -0.1) is 0 Å². The number of rotatable bonds is 6. The number of hydrogen-bond acceptors (Lipinski definition) is 4. The van der Waals surface area contributed by atoms with Crippen molar-refractivity contribution in [3.05, 3.63) is 81.6 Å². The Bertz CT molecular complexity index is 1020. The molecule has 0 unspecified atom stereocenters. The number of aromatic nitrogens is 2. The van der Waals surface area contributed by atoms with Crippen LogP contribution < -0.4 is 5.32 Å². The molecule has 148 valence electrons. The summed E-state index contributed by atoms with van der Waals surface area (Å²) in [5.41, 5.74) is 5.01. The molecule has 0 aliphatic heterocycles. The van der Waals surface area contributed by atoms with E-state index in [0.717, 1.165) is 26.7 Å². The molecule has 0 saturated heterocycles. The van der Waals surface area contributed by atoms with Gasteiger partial charge in [0.2, 0.25) is 5.91 Å². The maximum Gasteiger partial charge on any atom is 0.230 e. The first-order chi connectivity index (χ1) is 13.9. The molecule has 0 aliphatic rings.